The maximum atomic E-state index is 14.2. The zero-order chi connectivity index (χ0) is 28.6. The van der Waals surface area contributed by atoms with Crippen molar-refractivity contribution in [2.24, 2.45) is 0 Å². The molecule has 1 N–H and O–H groups in total. The number of para-hydroxylation sites is 1. The number of carbonyl (C=O) groups is 2. The number of rotatable bonds is 6. The highest BCUT2D eigenvalue weighted by molar-refractivity contribution is 5.99. The Labute approximate surface area is 242 Å². The average molecular weight is 565 g/mol. The van der Waals surface area contributed by atoms with Crippen LogP contribution in [-0.2, 0) is 6.54 Å². The maximum absolute atomic E-state index is 14.2. The lowest BCUT2D eigenvalue weighted by molar-refractivity contribution is 0.0726. The number of halogens is 1. The zero-order valence-electron chi connectivity index (χ0n) is 22.8. The molecule has 1 fully saturated rings. The lowest BCUT2D eigenvalue weighted by Crippen LogP contribution is -2.49. The van der Waals surface area contributed by atoms with Crippen molar-refractivity contribution in [1.82, 2.24) is 9.80 Å². The Balaban J connectivity index is 1.05. The molecule has 8 nitrogen and oxygen atoms in total. The first kappa shape index (κ1) is 25.9. The van der Waals surface area contributed by atoms with Gasteiger partial charge >= 0.3 is 0 Å². The van der Waals surface area contributed by atoms with Gasteiger partial charge in [0.05, 0.1) is 5.69 Å². The van der Waals surface area contributed by atoms with Crippen LogP contribution in [0.1, 0.15) is 38.0 Å². The highest BCUT2D eigenvalue weighted by atomic mass is 19.1. The molecule has 0 aliphatic carbocycles. The van der Waals surface area contributed by atoms with Crippen molar-refractivity contribution in [3.8, 4) is 11.5 Å². The number of ether oxygens (including phenoxy) is 2. The molecule has 4 aromatic rings. The van der Waals surface area contributed by atoms with E-state index >= 15 is 0 Å². The van der Waals surface area contributed by atoms with Crippen LogP contribution >= 0.6 is 0 Å². The maximum Gasteiger partial charge on any atom is 0.256 e. The summed E-state index contributed by atoms with van der Waals surface area (Å²) >= 11 is 0. The second kappa shape index (κ2) is 10.7. The Morgan fingerprint density at radius 2 is 1.60 bits per heavy atom. The number of benzene rings is 4. The topological polar surface area (TPSA) is 74.3 Å². The second-order valence-corrected chi connectivity index (χ2v) is 10.6. The van der Waals surface area contributed by atoms with Gasteiger partial charge in [-0.2, -0.15) is 0 Å². The fourth-order valence-corrected chi connectivity index (χ4v) is 5.83. The number of nitrogens with one attached hydrogen (secondary N) is 1. The van der Waals surface area contributed by atoms with E-state index in [4.69, 9.17) is 9.47 Å². The molecule has 4 aromatic carbocycles. The predicted molar refractivity (Wildman–Crippen MR) is 156 cm³/mol. The predicted octanol–water partition coefficient (Wildman–Crippen LogP) is 5.28. The molecule has 0 aromatic heterocycles. The van der Waals surface area contributed by atoms with Gasteiger partial charge in [-0.05, 0) is 60.2 Å². The van der Waals surface area contributed by atoms with Crippen molar-refractivity contribution in [3.63, 3.8) is 0 Å². The van der Waals surface area contributed by atoms with Gasteiger partial charge in [-0.3, -0.25) is 9.59 Å². The van der Waals surface area contributed by atoms with Gasteiger partial charge in [-0.1, -0.05) is 36.4 Å². The van der Waals surface area contributed by atoms with Crippen LogP contribution in [0.5, 0.6) is 11.5 Å². The lowest BCUT2D eigenvalue weighted by atomic mass is 10.1. The van der Waals surface area contributed by atoms with Crippen molar-refractivity contribution in [2.75, 3.05) is 43.2 Å². The number of anilines is 2. The van der Waals surface area contributed by atoms with E-state index in [1.54, 1.807) is 34.1 Å². The molecule has 0 bridgehead atoms. The van der Waals surface area contributed by atoms with Crippen molar-refractivity contribution in [3.05, 3.63) is 119 Å². The van der Waals surface area contributed by atoms with E-state index < -0.39 is 0 Å². The highest BCUT2D eigenvalue weighted by Gasteiger charge is 2.36. The molecule has 3 heterocycles. The van der Waals surface area contributed by atoms with E-state index in [-0.39, 0.29) is 30.6 Å². The van der Waals surface area contributed by atoms with Crippen molar-refractivity contribution in [1.29, 1.82) is 0 Å². The SMILES string of the molecule is O=C(c1ccc(N[C@H]2c3ccccc3C(=O)N2Cc2ccc3c(c2)OCO3)cc1)N1CCN(c2ccccc2F)CC1. The van der Waals surface area contributed by atoms with Crippen LogP contribution in [0.25, 0.3) is 0 Å². The third kappa shape index (κ3) is 4.76. The Bertz CT molecular complexity index is 1650. The van der Waals surface area contributed by atoms with Crippen molar-refractivity contribution >= 4 is 23.2 Å². The molecule has 0 saturated carbocycles. The van der Waals surface area contributed by atoms with E-state index in [9.17, 15) is 14.0 Å². The molecule has 3 aliphatic heterocycles. The van der Waals surface area contributed by atoms with Crippen LogP contribution < -0.4 is 19.7 Å². The van der Waals surface area contributed by atoms with Gasteiger partial charge in [0.15, 0.2) is 11.5 Å². The number of piperazine rings is 1. The number of hydrogen-bond donors (Lipinski definition) is 1. The summed E-state index contributed by atoms with van der Waals surface area (Å²) in [6.07, 6.45) is -0.382. The fraction of sp³-hybridized carbons (Fsp3) is 0.212. The number of fused-ring (bicyclic) bond motifs is 2. The van der Waals surface area contributed by atoms with Gasteiger partial charge in [0.25, 0.3) is 11.8 Å². The quantitative estimate of drug-likeness (QED) is 0.344. The van der Waals surface area contributed by atoms with Crippen LogP contribution in [0.4, 0.5) is 15.8 Å². The third-order valence-corrected chi connectivity index (χ3v) is 8.04. The molecule has 7 rings (SSSR count). The minimum absolute atomic E-state index is 0.0536. The first-order valence-electron chi connectivity index (χ1n) is 14.0. The van der Waals surface area contributed by atoms with E-state index in [0.717, 1.165) is 16.8 Å². The smallest absolute Gasteiger partial charge is 0.256 e. The standard InChI is InChI=1S/C33H29FN4O4/c34-27-7-3-4-8-28(27)36-15-17-37(18-16-36)32(39)23-10-12-24(13-11-23)35-31-25-5-1-2-6-26(25)33(40)38(31)20-22-9-14-29-30(19-22)42-21-41-29/h1-14,19,31,35H,15-18,20-21H2/t31-/m1/s1. The molecule has 0 spiro atoms. The molecule has 2 amide bonds. The zero-order valence-corrected chi connectivity index (χ0v) is 22.8. The monoisotopic (exact) mass is 564 g/mol. The summed E-state index contributed by atoms with van der Waals surface area (Å²) in [6, 6.07) is 27.4. The second-order valence-electron chi connectivity index (χ2n) is 10.6. The van der Waals surface area contributed by atoms with Crippen LogP contribution in [0.2, 0.25) is 0 Å². The van der Waals surface area contributed by atoms with Gasteiger partial charge in [0.1, 0.15) is 12.0 Å². The van der Waals surface area contributed by atoms with Crippen LogP contribution in [0.15, 0.2) is 91.0 Å². The normalized spacial score (nSPS) is 17.4. The molecule has 0 unspecified atom stereocenters. The van der Waals surface area contributed by atoms with Crippen molar-refractivity contribution < 1.29 is 23.5 Å². The first-order chi connectivity index (χ1) is 20.5. The van der Waals surface area contributed by atoms with E-state index in [1.165, 1.54) is 6.07 Å². The Morgan fingerprint density at radius 3 is 2.40 bits per heavy atom. The molecule has 212 valence electrons. The fourth-order valence-electron chi connectivity index (χ4n) is 5.83. The Morgan fingerprint density at radius 1 is 0.857 bits per heavy atom. The summed E-state index contributed by atoms with van der Waals surface area (Å²) in [6.45, 7) is 2.75. The summed E-state index contributed by atoms with van der Waals surface area (Å²) in [5.74, 6) is 1.02. The van der Waals surface area contributed by atoms with Gasteiger partial charge < -0.3 is 29.5 Å². The molecular weight excluding hydrogens is 535 g/mol. The van der Waals surface area contributed by atoms with E-state index in [1.807, 2.05) is 65.6 Å². The van der Waals surface area contributed by atoms with Crippen molar-refractivity contribution in [2.45, 2.75) is 12.7 Å². The largest absolute Gasteiger partial charge is 0.454 e. The van der Waals surface area contributed by atoms with Gasteiger partial charge in [0.2, 0.25) is 6.79 Å². The van der Waals surface area contributed by atoms with E-state index in [2.05, 4.69) is 5.32 Å². The summed E-state index contributed by atoms with van der Waals surface area (Å²) in [4.78, 5) is 32.3. The van der Waals surface area contributed by atoms with Gasteiger partial charge in [0, 0.05) is 55.1 Å². The Hall–Kier alpha value is -5.05. The van der Waals surface area contributed by atoms with E-state index in [0.29, 0.717) is 61.0 Å². The first-order valence-corrected chi connectivity index (χ1v) is 14.0. The highest BCUT2D eigenvalue weighted by Crippen LogP contribution is 2.38. The molecule has 3 aliphatic rings. The lowest BCUT2D eigenvalue weighted by Gasteiger charge is -2.36. The minimum Gasteiger partial charge on any atom is -0.454 e. The summed E-state index contributed by atoms with van der Waals surface area (Å²) < 4.78 is 25.2. The molecule has 0 radical (unpaired) electrons. The van der Waals surface area contributed by atoms with Crippen LogP contribution in [-0.4, -0.2) is 54.6 Å². The number of amides is 2. The molecule has 1 atom stereocenters. The molecule has 42 heavy (non-hydrogen) atoms. The number of hydrogen-bond acceptors (Lipinski definition) is 6. The number of carbonyl (C=O) groups excluding carboxylic acids is 2. The number of nitrogens with zero attached hydrogens (tertiary/aromatic N) is 3. The van der Waals surface area contributed by atoms with Crippen LogP contribution in [0.3, 0.4) is 0 Å². The van der Waals surface area contributed by atoms with Gasteiger partial charge in [-0.25, -0.2) is 4.39 Å². The Kier molecular flexibility index (Phi) is 6.62. The molecule has 1 saturated heterocycles. The summed E-state index contributed by atoms with van der Waals surface area (Å²) in [7, 11) is 0. The molecular formula is C33H29FN4O4. The van der Waals surface area contributed by atoms with Crippen LogP contribution in [0, 0.1) is 5.82 Å². The molecule has 9 heteroatoms. The van der Waals surface area contributed by atoms with Gasteiger partial charge in [-0.15, -0.1) is 0 Å². The summed E-state index contributed by atoms with van der Waals surface area (Å²) in [5.41, 5.74) is 4.44. The minimum atomic E-state index is -0.382. The average Bonchev–Trinajstić information content (AvgIpc) is 3.60. The third-order valence-electron chi connectivity index (χ3n) is 8.04. The summed E-state index contributed by atoms with van der Waals surface area (Å²) in [5, 5.41) is 3.51.